The summed E-state index contributed by atoms with van der Waals surface area (Å²) in [6.45, 7) is 6.40. The van der Waals surface area contributed by atoms with Crippen LogP contribution in [0, 0.1) is 6.92 Å². The van der Waals surface area contributed by atoms with Crippen LogP contribution >= 0.6 is 0 Å². The van der Waals surface area contributed by atoms with Crippen molar-refractivity contribution in [3.63, 3.8) is 0 Å². The molecule has 2 fully saturated rings. The summed E-state index contributed by atoms with van der Waals surface area (Å²) >= 11 is 0. The van der Waals surface area contributed by atoms with Gasteiger partial charge in [-0.2, -0.15) is 0 Å². The Kier molecular flexibility index (Phi) is 5.66. The lowest BCUT2D eigenvalue weighted by molar-refractivity contribution is 0.0237. The monoisotopic (exact) mass is 350 g/mol. The molecule has 0 spiro atoms. The van der Waals surface area contributed by atoms with Crippen LogP contribution in [0.15, 0.2) is 42.5 Å². The number of rotatable bonds is 4. The van der Waals surface area contributed by atoms with Gasteiger partial charge in [0, 0.05) is 49.5 Å². The first-order valence-corrected chi connectivity index (χ1v) is 10.1. The van der Waals surface area contributed by atoms with Gasteiger partial charge in [0.15, 0.2) is 0 Å². The Bertz CT molecular complexity index is 724. The van der Waals surface area contributed by atoms with Crippen LogP contribution in [0.5, 0.6) is 0 Å². The van der Waals surface area contributed by atoms with Crippen LogP contribution in [0.3, 0.4) is 0 Å². The standard InChI is InChI=1S/C23H30N2O/c1-18-5-2-6-19(15-18)16-21-8-3-9-23(24-21)20-7-4-12-25(17-20)22-10-13-26-14-11-22/h2-3,5-6,8-9,15,20,22H,4,7,10-14,16-17H2,1H3/t20-/m1/s1. The van der Waals surface area contributed by atoms with E-state index in [2.05, 4.69) is 54.3 Å². The minimum atomic E-state index is 0.573. The SMILES string of the molecule is Cc1cccc(Cc2cccc([C@@H]3CCCN(C4CCOCC4)C3)n2)c1. The Hall–Kier alpha value is -1.71. The number of hydrogen-bond donors (Lipinski definition) is 0. The maximum absolute atomic E-state index is 5.54. The quantitative estimate of drug-likeness (QED) is 0.820. The number of aryl methyl sites for hydroxylation is 1. The maximum atomic E-state index is 5.54. The van der Waals surface area contributed by atoms with Crippen molar-refractivity contribution in [3.05, 3.63) is 65.0 Å². The van der Waals surface area contributed by atoms with Crippen LogP contribution in [0.2, 0.25) is 0 Å². The number of nitrogens with zero attached hydrogens (tertiary/aromatic N) is 2. The van der Waals surface area contributed by atoms with E-state index < -0.39 is 0 Å². The van der Waals surface area contributed by atoms with Gasteiger partial charge in [-0.15, -0.1) is 0 Å². The number of benzene rings is 1. The zero-order valence-electron chi connectivity index (χ0n) is 15.9. The van der Waals surface area contributed by atoms with Crippen molar-refractivity contribution in [1.29, 1.82) is 0 Å². The lowest BCUT2D eigenvalue weighted by Crippen LogP contribution is -2.44. The molecule has 2 saturated heterocycles. The van der Waals surface area contributed by atoms with E-state index in [0.717, 1.165) is 26.2 Å². The molecule has 26 heavy (non-hydrogen) atoms. The number of aromatic nitrogens is 1. The van der Waals surface area contributed by atoms with Gasteiger partial charge < -0.3 is 4.74 Å². The fraction of sp³-hybridized carbons (Fsp3) is 0.522. The highest BCUT2D eigenvalue weighted by Gasteiger charge is 2.28. The first kappa shape index (κ1) is 17.7. The Balaban J connectivity index is 1.45. The molecule has 0 aliphatic carbocycles. The van der Waals surface area contributed by atoms with Crippen molar-refractivity contribution in [2.45, 2.75) is 51.0 Å². The van der Waals surface area contributed by atoms with Crippen molar-refractivity contribution < 1.29 is 4.74 Å². The van der Waals surface area contributed by atoms with E-state index in [1.54, 1.807) is 0 Å². The summed E-state index contributed by atoms with van der Waals surface area (Å²) in [5, 5.41) is 0. The average molecular weight is 351 g/mol. The fourth-order valence-electron chi connectivity index (χ4n) is 4.48. The lowest BCUT2D eigenvalue weighted by atomic mass is 9.91. The Labute approximate surface area is 157 Å². The molecule has 3 heterocycles. The summed E-state index contributed by atoms with van der Waals surface area (Å²) in [5.74, 6) is 0.573. The molecular weight excluding hydrogens is 320 g/mol. The van der Waals surface area contributed by atoms with E-state index >= 15 is 0 Å². The summed E-state index contributed by atoms with van der Waals surface area (Å²) < 4.78 is 5.54. The number of piperidine rings is 1. The molecule has 0 radical (unpaired) electrons. The van der Waals surface area contributed by atoms with Crippen LogP contribution in [0.25, 0.3) is 0 Å². The van der Waals surface area contributed by atoms with E-state index in [0.29, 0.717) is 12.0 Å². The second-order valence-corrected chi connectivity index (χ2v) is 7.90. The molecule has 0 N–H and O–H groups in total. The Morgan fingerprint density at radius 3 is 2.77 bits per heavy atom. The normalized spacial score (nSPS) is 22.4. The van der Waals surface area contributed by atoms with E-state index in [1.807, 2.05) is 0 Å². The summed E-state index contributed by atoms with van der Waals surface area (Å²) in [6, 6.07) is 16.1. The third-order valence-electron chi connectivity index (χ3n) is 5.87. The van der Waals surface area contributed by atoms with Gasteiger partial charge in [0.2, 0.25) is 0 Å². The maximum Gasteiger partial charge on any atom is 0.0480 e. The van der Waals surface area contributed by atoms with Gasteiger partial charge in [-0.1, -0.05) is 35.9 Å². The van der Waals surface area contributed by atoms with E-state index in [1.165, 1.54) is 54.7 Å². The van der Waals surface area contributed by atoms with Gasteiger partial charge in [-0.3, -0.25) is 9.88 Å². The third-order valence-corrected chi connectivity index (χ3v) is 5.87. The summed E-state index contributed by atoms with van der Waals surface area (Å²) in [7, 11) is 0. The minimum absolute atomic E-state index is 0.573. The van der Waals surface area contributed by atoms with Gasteiger partial charge in [0.25, 0.3) is 0 Å². The Morgan fingerprint density at radius 1 is 1.08 bits per heavy atom. The summed E-state index contributed by atoms with van der Waals surface area (Å²) in [5.41, 5.74) is 5.14. The molecule has 1 aromatic heterocycles. The second kappa shape index (κ2) is 8.32. The number of pyridine rings is 1. The van der Waals surface area contributed by atoms with Gasteiger partial charge in [-0.25, -0.2) is 0 Å². The highest BCUT2D eigenvalue weighted by molar-refractivity contribution is 5.27. The predicted molar refractivity (Wildman–Crippen MR) is 106 cm³/mol. The zero-order chi connectivity index (χ0) is 17.8. The zero-order valence-corrected chi connectivity index (χ0v) is 15.9. The molecule has 1 aromatic carbocycles. The lowest BCUT2D eigenvalue weighted by Gasteiger charge is -2.39. The molecule has 2 aromatic rings. The molecular formula is C23H30N2O. The van der Waals surface area contributed by atoms with Crippen LogP contribution in [0.1, 0.15) is 54.1 Å². The molecule has 2 aliphatic rings. The van der Waals surface area contributed by atoms with Crippen LogP contribution in [-0.2, 0) is 11.2 Å². The molecule has 2 aliphatic heterocycles. The highest BCUT2D eigenvalue weighted by atomic mass is 16.5. The van der Waals surface area contributed by atoms with Crippen molar-refractivity contribution in [1.82, 2.24) is 9.88 Å². The van der Waals surface area contributed by atoms with Crippen molar-refractivity contribution in [2.24, 2.45) is 0 Å². The van der Waals surface area contributed by atoms with Crippen LogP contribution in [-0.4, -0.2) is 42.2 Å². The number of likely N-dealkylation sites (tertiary alicyclic amines) is 1. The molecule has 0 unspecified atom stereocenters. The van der Waals surface area contributed by atoms with Crippen LogP contribution in [0.4, 0.5) is 0 Å². The molecule has 0 bridgehead atoms. The molecule has 1 atom stereocenters. The Morgan fingerprint density at radius 2 is 1.92 bits per heavy atom. The van der Waals surface area contributed by atoms with E-state index in [9.17, 15) is 0 Å². The average Bonchev–Trinajstić information content (AvgIpc) is 2.69. The summed E-state index contributed by atoms with van der Waals surface area (Å²) in [6.07, 6.45) is 5.85. The fourth-order valence-corrected chi connectivity index (χ4v) is 4.48. The largest absolute Gasteiger partial charge is 0.381 e. The van der Waals surface area contributed by atoms with E-state index in [4.69, 9.17) is 9.72 Å². The summed E-state index contributed by atoms with van der Waals surface area (Å²) in [4.78, 5) is 7.75. The first-order valence-electron chi connectivity index (χ1n) is 10.1. The van der Waals surface area contributed by atoms with Gasteiger partial charge in [0.1, 0.15) is 0 Å². The predicted octanol–water partition coefficient (Wildman–Crippen LogP) is 4.34. The molecule has 3 heteroatoms. The van der Waals surface area contributed by atoms with E-state index in [-0.39, 0.29) is 0 Å². The van der Waals surface area contributed by atoms with Gasteiger partial charge >= 0.3 is 0 Å². The molecule has 138 valence electrons. The smallest absolute Gasteiger partial charge is 0.0480 e. The van der Waals surface area contributed by atoms with Crippen molar-refractivity contribution in [3.8, 4) is 0 Å². The number of ether oxygens (including phenoxy) is 1. The molecule has 3 nitrogen and oxygen atoms in total. The molecule has 0 amide bonds. The van der Waals surface area contributed by atoms with Gasteiger partial charge in [0.05, 0.1) is 0 Å². The topological polar surface area (TPSA) is 25.4 Å². The molecule has 0 saturated carbocycles. The van der Waals surface area contributed by atoms with Gasteiger partial charge in [-0.05, 0) is 56.8 Å². The molecule has 4 rings (SSSR count). The second-order valence-electron chi connectivity index (χ2n) is 7.90. The van der Waals surface area contributed by atoms with Crippen molar-refractivity contribution in [2.75, 3.05) is 26.3 Å². The minimum Gasteiger partial charge on any atom is -0.381 e. The first-order chi connectivity index (χ1) is 12.8. The third kappa shape index (κ3) is 4.33. The highest BCUT2D eigenvalue weighted by Crippen LogP contribution is 2.29. The number of hydrogen-bond acceptors (Lipinski definition) is 3. The van der Waals surface area contributed by atoms with Crippen molar-refractivity contribution >= 4 is 0 Å². The van der Waals surface area contributed by atoms with Crippen LogP contribution < -0.4 is 0 Å².